The minimum Gasteiger partial charge on any atom is -0.362 e. The molecule has 1 aliphatic rings. The Morgan fingerprint density at radius 1 is 1.44 bits per heavy atom. The minimum atomic E-state index is 0.171. The Morgan fingerprint density at radius 3 is 2.69 bits per heavy atom. The van der Waals surface area contributed by atoms with Gasteiger partial charge in [-0.3, -0.25) is 4.99 Å². The second kappa shape index (κ2) is 3.93. The molecule has 0 spiro atoms. The molecule has 1 aliphatic heterocycles. The highest BCUT2D eigenvalue weighted by Gasteiger charge is 2.32. The van der Waals surface area contributed by atoms with Crippen molar-refractivity contribution in [2.24, 2.45) is 16.3 Å². The number of aliphatic imine (C=N–C) groups is 1. The summed E-state index contributed by atoms with van der Waals surface area (Å²) < 4.78 is 0. The van der Waals surface area contributed by atoms with Crippen LogP contribution in [0.2, 0.25) is 0 Å². The molecular formula is C14H20N2. The van der Waals surface area contributed by atoms with Crippen molar-refractivity contribution in [3.63, 3.8) is 0 Å². The van der Waals surface area contributed by atoms with Gasteiger partial charge in [0.2, 0.25) is 0 Å². The molecule has 2 heterocycles. The Morgan fingerprint density at radius 2 is 2.19 bits per heavy atom. The summed E-state index contributed by atoms with van der Waals surface area (Å²) >= 11 is 0. The fraction of sp³-hybridized carbons (Fsp3) is 0.500. The van der Waals surface area contributed by atoms with E-state index in [2.05, 4.69) is 44.8 Å². The van der Waals surface area contributed by atoms with Gasteiger partial charge in [0.05, 0.1) is 0 Å². The number of aromatic amines is 1. The maximum absolute atomic E-state index is 4.77. The van der Waals surface area contributed by atoms with Gasteiger partial charge in [0.15, 0.2) is 0 Å². The molecule has 86 valence electrons. The van der Waals surface area contributed by atoms with Crippen LogP contribution in [0.4, 0.5) is 0 Å². The standard InChI is InChI=1S/C14H20N2/c1-10(2)12-9-14(3,4)13(16-12)8-11-6-5-7-15-11/h5-8,10,15H,9H2,1-4H3/b13-8-. The van der Waals surface area contributed by atoms with Gasteiger partial charge in [0.25, 0.3) is 0 Å². The van der Waals surface area contributed by atoms with Crippen LogP contribution in [-0.4, -0.2) is 10.7 Å². The predicted molar refractivity (Wildman–Crippen MR) is 69.4 cm³/mol. The summed E-state index contributed by atoms with van der Waals surface area (Å²) in [4.78, 5) is 7.97. The fourth-order valence-corrected chi connectivity index (χ4v) is 2.03. The summed E-state index contributed by atoms with van der Waals surface area (Å²) in [6, 6.07) is 4.09. The van der Waals surface area contributed by atoms with Crippen LogP contribution in [0.15, 0.2) is 29.0 Å². The van der Waals surface area contributed by atoms with Crippen LogP contribution in [0.1, 0.15) is 39.8 Å². The molecule has 0 aromatic carbocycles. The summed E-state index contributed by atoms with van der Waals surface area (Å²) in [6.07, 6.45) is 5.19. The SMILES string of the molecule is CC(C)C1=N/C(=C\c2ccc[nH]2)C(C)(C)C1. The molecule has 0 fully saturated rings. The zero-order chi connectivity index (χ0) is 11.8. The summed E-state index contributed by atoms with van der Waals surface area (Å²) in [5.74, 6) is 0.550. The molecule has 0 bridgehead atoms. The van der Waals surface area contributed by atoms with E-state index in [0.29, 0.717) is 5.92 Å². The second-order valence-electron chi connectivity index (χ2n) is 5.47. The van der Waals surface area contributed by atoms with Gasteiger partial charge < -0.3 is 4.98 Å². The van der Waals surface area contributed by atoms with Crippen molar-refractivity contribution in [3.8, 4) is 0 Å². The predicted octanol–water partition coefficient (Wildman–Crippen LogP) is 3.88. The van der Waals surface area contributed by atoms with Gasteiger partial charge in [-0.05, 0) is 30.5 Å². The number of aromatic nitrogens is 1. The van der Waals surface area contributed by atoms with Crippen molar-refractivity contribution >= 4 is 11.8 Å². The Kier molecular flexibility index (Phi) is 2.75. The maximum Gasteiger partial charge on any atom is 0.0483 e. The lowest BCUT2D eigenvalue weighted by Gasteiger charge is -2.18. The van der Waals surface area contributed by atoms with Crippen LogP contribution >= 0.6 is 0 Å². The average Bonchev–Trinajstić information content (AvgIpc) is 2.76. The number of allylic oxidation sites excluding steroid dienone is 1. The number of H-pyrrole nitrogens is 1. The third kappa shape index (κ3) is 2.11. The third-order valence-corrected chi connectivity index (χ3v) is 3.16. The average molecular weight is 216 g/mol. The highest BCUT2D eigenvalue weighted by atomic mass is 14.8. The highest BCUT2D eigenvalue weighted by Crippen LogP contribution is 2.39. The zero-order valence-electron chi connectivity index (χ0n) is 10.5. The molecule has 0 amide bonds. The number of rotatable bonds is 2. The fourth-order valence-electron chi connectivity index (χ4n) is 2.03. The van der Waals surface area contributed by atoms with E-state index in [1.165, 1.54) is 11.4 Å². The zero-order valence-corrected chi connectivity index (χ0v) is 10.5. The monoisotopic (exact) mass is 216 g/mol. The third-order valence-electron chi connectivity index (χ3n) is 3.16. The molecule has 2 nitrogen and oxygen atoms in total. The van der Waals surface area contributed by atoms with E-state index in [0.717, 1.165) is 12.1 Å². The molecule has 0 saturated carbocycles. The molecule has 2 rings (SSSR count). The van der Waals surface area contributed by atoms with Crippen molar-refractivity contribution in [2.45, 2.75) is 34.1 Å². The Labute approximate surface area is 97.5 Å². The molecule has 1 N–H and O–H groups in total. The summed E-state index contributed by atoms with van der Waals surface area (Å²) in [6.45, 7) is 8.96. The first-order chi connectivity index (χ1) is 7.49. The van der Waals surface area contributed by atoms with Crippen LogP contribution in [-0.2, 0) is 0 Å². The molecule has 0 radical (unpaired) electrons. The first-order valence-electron chi connectivity index (χ1n) is 5.92. The largest absolute Gasteiger partial charge is 0.362 e. The van der Waals surface area contributed by atoms with Gasteiger partial charge in [-0.1, -0.05) is 27.7 Å². The maximum atomic E-state index is 4.77. The molecule has 0 unspecified atom stereocenters. The topological polar surface area (TPSA) is 28.1 Å². The van der Waals surface area contributed by atoms with E-state index in [9.17, 15) is 0 Å². The first kappa shape index (κ1) is 11.2. The number of nitrogens with zero attached hydrogens (tertiary/aromatic N) is 1. The number of hydrogen-bond donors (Lipinski definition) is 1. The molecule has 1 aromatic rings. The number of nitrogens with one attached hydrogen (secondary N) is 1. The lowest BCUT2D eigenvalue weighted by Crippen LogP contribution is -2.13. The molecule has 0 saturated heterocycles. The minimum absolute atomic E-state index is 0.171. The normalized spacial score (nSPS) is 21.8. The molecule has 0 atom stereocenters. The van der Waals surface area contributed by atoms with Crippen LogP contribution in [0.3, 0.4) is 0 Å². The first-order valence-corrected chi connectivity index (χ1v) is 5.92. The number of hydrogen-bond acceptors (Lipinski definition) is 1. The van der Waals surface area contributed by atoms with E-state index >= 15 is 0 Å². The van der Waals surface area contributed by atoms with E-state index in [1.807, 2.05) is 12.3 Å². The van der Waals surface area contributed by atoms with E-state index in [-0.39, 0.29) is 5.41 Å². The van der Waals surface area contributed by atoms with E-state index in [1.54, 1.807) is 0 Å². The van der Waals surface area contributed by atoms with Gasteiger partial charge in [0, 0.05) is 28.7 Å². The van der Waals surface area contributed by atoms with Gasteiger partial charge in [-0.25, -0.2) is 0 Å². The molecular weight excluding hydrogens is 196 g/mol. The Hall–Kier alpha value is -1.31. The van der Waals surface area contributed by atoms with E-state index < -0.39 is 0 Å². The second-order valence-corrected chi connectivity index (χ2v) is 5.47. The van der Waals surface area contributed by atoms with Crippen LogP contribution in [0.25, 0.3) is 6.08 Å². The van der Waals surface area contributed by atoms with Crippen molar-refractivity contribution in [1.82, 2.24) is 4.98 Å². The lowest BCUT2D eigenvalue weighted by molar-refractivity contribution is 0.484. The lowest BCUT2D eigenvalue weighted by atomic mass is 9.84. The van der Waals surface area contributed by atoms with Crippen molar-refractivity contribution in [2.75, 3.05) is 0 Å². The van der Waals surface area contributed by atoms with E-state index in [4.69, 9.17) is 4.99 Å². The Balaban J connectivity index is 2.33. The van der Waals surface area contributed by atoms with Gasteiger partial charge >= 0.3 is 0 Å². The van der Waals surface area contributed by atoms with Crippen molar-refractivity contribution < 1.29 is 0 Å². The van der Waals surface area contributed by atoms with Crippen LogP contribution in [0, 0.1) is 11.3 Å². The Bertz CT molecular complexity index is 420. The van der Waals surface area contributed by atoms with Gasteiger partial charge in [0.1, 0.15) is 0 Å². The summed E-state index contributed by atoms with van der Waals surface area (Å²) in [5.41, 5.74) is 3.82. The summed E-state index contributed by atoms with van der Waals surface area (Å²) in [7, 11) is 0. The molecule has 1 aromatic heterocycles. The van der Waals surface area contributed by atoms with Gasteiger partial charge in [-0.15, -0.1) is 0 Å². The summed E-state index contributed by atoms with van der Waals surface area (Å²) in [5, 5.41) is 0. The highest BCUT2D eigenvalue weighted by molar-refractivity contribution is 5.91. The van der Waals surface area contributed by atoms with Crippen molar-refractivity contribution in [1.29, 1.82) is 0 Å². The van der Waals surface area contributed by atoms with Gasteiger partial charge in [-0.2, -0.15) is 0 Å². The smallest absolute Gasteiger partial charge is 0.0483 e. The molecule has 0 aliphatic carbocycles. The van der Waals surface area contributed by atoms with Crippen molar-refractivity contribution in [3.05, 3.63) is 29.7 Å². The van der Waals surface area contributed by atoms with Crippen LogP contribution in [0.5, 0.6) is 0 Å². The van der Waals surface area contributed by atoms with Crippen LogP contribution < -0.4 is 0 Å². The molecule has 16 heavy (non-hydrogen) atoms. The quantitative estimate of drug-likeness (QED) is 0.777. The molecule has 2 heteroatoms.